The Bertz CT molecular complexity index is 403. The molecule has 0 radical (unpaired) electrons. The van der Waals surface area contributed by atoms with Gasteiger partial charge in [0, 0.05) is 13.3 Å². The van der Waals surface area contributed by atoms with Crippen LogP contribution in [0, 0.1) is 5.41 Å². The van der Waals surface area contributed by atoms with E-state index in [0.717, 1.165) is 17.0 Å². The Balaban J connectivity index is 3.23. The van der Waals surface area contributed by atoms with Gasteiger partial charge in [-0.25, -0.2) is 0 Å². The van der Waals surface area contributed by atoms with Crippen LogP contribution in [0.5, 0.6) is 0 Å². The van der Waals surface area contributed by atoms with Crippen LogP contribution in [0.4, 0.5) is 13.2 Å². The van der Waals surface area contributed by atoms with Gasteiger partial charge in [-0.15, -0.1) is 0 Å². The number of hydrogen-bond donors (Lipinski definition) is 2. The summed E-state index contributed by atoms with van der Waals surface area (Å²) in [6.07, 6.45) is -3.76. The lowest BCUT2D eigenvalue weighted by atomic mass is 10.2. The number of hydrogen-bond acceptors (Lipinski definition) is 4. The molecule has 1 heterocycles. The van der Waals surface area contributed by atoms with Gasteiger partial charge in [-0.05, 0) is 6.07 Å². The largest absolute Gasteiger partial charge is 0.435 e. The van der Waals surface area contributed by atoms with Crippen molar-refractivity contribution in [3.8, 4) is 0 Å². The highest BCUT2D eigenvalue weighted by molar-refractivity contribution is 6.36. The minimum Gasteiger partial charge on any atom is -0.323 e. The molecule has 0 aliphatic rings. The highest BCUT2D eigenvalue weighted by Crippen LogP contribution is 2.28. The van der Waals surface area contributed by atoms with E-state index in [9.17, 15) is 13.2 Å². The van der Waals surface area contributed by atoms with Crippen LogP contribution in [0.15, 0.2) is 11.2 Å². The molecule has 0 saturated heterocycles. The molecule has 0 spiro atoms. The number of nitrogens with one attached hydrogen (secondary N) is 1. The zero-order valence-corrected chi connectivity index (χ0v) is 7.71. The number of alkyl halides is 3. The summed E-state index contributed by atoms with van der Waals surface area (Å²) >= 11 is 0. The lowest BCUT2D eigenvalue weighted by Crippen LogP contribution is -2.10. The number of rotatable bonds is 2. The first-order chi connectivity index (χ1) is 6.90. The Hall–Kier alpha value is -1.86. The SMILES string of the molecule is Cn1nc(C(F)(F)F)cc1/C(C=N)=N/N. The molecule has 8 heteroatoms. The van der Waals surface area contributed by atoms with Crippen molar-refractivity contribution in [2.75, 3.05) is 0 Å². The van der Waals surface area contributed by atoms with Crippen LogP contribution in [0.2, 0.25) is 0 Å². The molecule has 1 rings (SSSR count). The summed E-state index contributed by atoms with van der Waals surface area (Å²) in [7, 11) is 1.32. The Morgan fingerprint density at radius 2 is 2.27 bits per heavy atom. The Morgan fingerprint density at radius 3 is 2.60 bits per heavy atom. The standard InChI is InChI=1S/C7H8F3N5/c1-15-5(4(3-11)13-12)2-6(14-15)7(8,9)10/h2-3,11H,12H2,1H3/b11-3?,13-4+. The zero-order chi connectivity index (χ0) is 11.6. The number of aromatic nitrogens is 2. The zero-order valence-electron chi connectivity index (χ0n) is 7.71. The van der Waals surface area contributed by atoms with Gasteiger partial charge in [0.1, 0.15) is 5.71 Å². The van der Waals surface area contributed by atoms with E-state index >= 15 is 0 Å². The van der Waals surface area contributed by atoms with Crippen LogP contribution in [-0.2, 0) is 13.2 Å². The molecule has 0 saturated carbocycles. The predicted molar refractivity (Wildman–Crippen MR) is 47.7 cm³/mol. The molecule has 0 bridgehead atoms. The first-order valence-electron chi connectivity index (χ1n) is 3.80. The van der Waals surface area contributed by atoms with Crippen LogP contribution in [0.3, 0.4) is 0 Å². The molecule has 3 N–H and O–H groups in total. The second-order valence-corrected chi connectivity index (χ2v) is 2.69. The number of halogens is 3. The van der Waals surface area contributed by atoms with E-state index < -0.39 is 11.9 Å². The van der Waals surface area contributed by atoms with Gasteiger partial charge < -0.3 is 11.3 Å². The quantitative estimate of drug-likeness (QED) is 0.437. The van der Waals surface area contributed by atoms with E-state index in [1.807, 2.05) is 0 Å². The number of nitrogens with zero attached hydrogens (tertiary/aromatic N) is 3. The van der Waals surface area contributed by atoms with E-state index in [1.165, 1.54) is 7.05 Å². The normalized spacial score (nSPS) is 12.9. The molecular formula is C7H8F3N5. The Kier molecular flexibility index (Phi) is 2.78. The lowest BCUT2D eigenvalue weighted by Gasteiger charge is -1.98. The predicted octanol–water partition coefficient (Wildman–Crippen LogP) is 0.751. The van der Waals surface area contributed by atoms with Crippen LogP contribution >= 0.6 is 0 Å². The average Bonchev–Trinajstić information content (AvgIpc) is 2.50. The third-order valence-corrected chi connectivity index (χ3v) is 1.71. The molecule has 0 unspecified atom stereocenters. The van der Waals surface area contributed by atoms with Gasteiger partial charge in [0.15, 0.2) is 5.69 Å². The number of nitrogens with two attached hydrogens (primary N) is 1. The van der Waals surface area contributed by atoms with Crippen LogP contribution in [0.1, 0.15) is 11.4 Å². The molecule has 1 aromatic heterocycles. The van der Waals surface area contributed by atoms with E-state index in [1.54, 1.807) is 0 Å². The van der Waals surface area contributed by atoms with Crippen molar-refractivity contribution < 1.29 is 13.2 Å². The van der Waals surface area contributed by atoms with Crippen molar-refractivity contribution >= 4 is 11.9 Å². The summed E-state index contributed by atoms with van der Waals surface area (Å²) in [4.78, 5) is 0. The third-order valence-electron chi connectivity index (χ3n) is 1.71. The molecule has 0 aliphatic carbocycles. The number of aryl methyl sites for hydroxylation is 1. The van der Waals surface area contributed by atoms with E-state index in [-0.39, 0.29) is 11.4 Å². The molecule has 1 aromatic rings. The molecule has 82 valence electrons. The first-order valence-corrected chi connectivity index (χ1v) is 3.80. The summed E-state index contributed by atoms with van der Waals surface area (Å²) in [6.45, 7) is 0. The average molecular weight is 219 g/mol. The van der Waals surface area contributed by atoms with Gasteiger partial charge in [-0.1, -0.05) is 0 Å². The van der Waals surface area contributed by atoms with Crippen molar-refractivity contribution in [3.05, 3.63) is 17.5 Å². The Morgan fingerprint density at radius 1 is 1.67 bits per heavy atom. The molecule has 0 fully saturated rings. The highest BCUT2D eigenvalue weighted by atomic mass is 19.4. The summed E-state index contributed by atoms with van der Waals surface area (Å²) in [6, 6.07) is 0.788. The molecule has 15 heavy (non-hydrogen) atoms. The van der Waals surface area contributed by atoms with Crippen molar-refractivity contribution in [1.82, 2.24) is 9.78 Å². The van der Waals surface area contributed by atoms with E-state index in [4.69, 9.17) is 11.3 Å². The summed E-state index contributed by atoms with van der Waals surface area (Å²) < 4.78 is 37.7. The fourth-order valence-electron chi connectivity index (χ4n) is 1.02. The Labute approximate surface area is 82.9 Å². The van der Waals surface area contributed by atoms with Gasteiger partial charge in [0.2, 0.25) is 0 Å². The van der Waals surface area contributed by atoms with Crippen molar-refractivity contribution in [2.24, 2.45) is 18.0 Å². The monoisotopic (exact) mass is 219 g/mol. The topological polar surface area (TPSA) is 80.0 Å². The minimum atomic E-state index is -4.52. The molecule has 0 amide bonds. The fraction of sp³-hybridized carbons (Fsp3) is 0.286. The maximum absolute atomic E-state index is 12.2. The number of hydrazone groups is 1. The van der Waals surface area contributed by atoms with Gasteiger partial charge in [0.25, 0.3) is 0 Å². The molecule has 0 atom stereocenters. The van der Waals surface area contributed by atoms with Crippen molar-refractivity contribution in [1.29, 1.82) is 5.41 Å². The summed E-state index contributed by atoms with van der Waals surface area (Å²) in [5, 5.41) is 13.3. The smallest absolute Gasteiger partial charge is 0.323 e. The van der Waals surface area contributed by atoms with Crippen molar-refractivity contribution in [2.45, 2.75) is 6.18 Å². The molecule has 0 aromatic carbocycles. The highest BCUT2D eigenvalue weighted by Gasteiger charge is 2.34. The van der Waals surface area contributed by atoms with Gasteiger partial charge in [-0.2, -0.15) is 23.4 Å². The van der Waals surface area contributed by atoms with Gasteiger partial charge in [0.05, 0.1) is 5.69 Å². The second-order valence-electron chi connectivity index (χ2n) is 2.69. The van der Waals surface area contributed by atoms with Gasteiger partial charge >= 0.3 is 6.18 Å². The maximum Gasteiger partial charge on any atom is 0.435 e. The first kappa shape index (κ1) is 11.2. The fourth-order valence-corrected chi connectivity index (χ4v) is 1.02. The maximum atomic E-state index is 12.2. The van der Waals surface area contributed by atoms with Crippen LogP contribution in [-0.4, -0.2) is 21.7 Å². The summed E-state index contributed by atoms with van der Waals surface area (Å²) in [5.74, 6) is 4.92. The minimum absolute atomic E-state index is 0.0415. The van der Waals surface area contributed by atoms with E-state index in [2.05, 4.69) is 10.2 Å². The molecule has 0 aliphatic heterocycles. The lowest BCUT2D eigenvalue weighted by molar-refractivity contribution is -0.141. The van der Waals surface area contributed by atoms with Crippen LogP contribution in [0.25, 0.3) is 0 Å². The third kappa shape index (κ3) is 2.14. The van der Waals surface area contributed by atoms with Crippen molar-refractivity contribution in [3.63, 3.8) is 0 Å². The second kappa shape index (κ2) is 3.71. The summed E-state index contributed by atoms with van der Waals surface area (Å²) in [5.41, 5.74) is -1.07. The molecular weight excluding hydrogens is 211 g/mol. The van der Waals surface area contributed by atoms with E-state index in [0.29, 0.717) is 0 Å². The van der Waals surface area contributed by atoms with Crippen LogP contribution < -0.4 is 5.84 Å². The molecule has 5 nitrogen and oxygen atoms in total. The van der Waals surface area contributed by atoms with Gasteiger partial charge in [-0.3, -0.25) is 4.68 Å².